The number of benzene rings is 1. The third-order valence-electron chi connectivity index (χ3n) is 2.95. The van der Waals surface area contributed by atoms with Crippen molar-refractivity contribution in [3.63, 3.8) is 0 Å². The molecule has 0 heterocycles. The lowest BCUT2D eigenvalue weighted by atomic mass is 10.0. The van der Waals surface area contributed by atoms with Gasteiger partial charge in [-0.05, 0) is 51.8 Å². The molecule has 0 radical (unpaired) electrons. The molecule has 0 aromatic heterocycles. The quantitative estimate of drug-likeness (QED) is 0.810. The number of ether oxygens (including phenoxy) is 1. The van der Waals surface area contributed by atoms with Gasteiger partial charge in [0.05, 0.1) is 6.10 Å². The van der Waals surface area contributed by atoms with Crippen LogP contribution in [0.5, 0.6) is 5.75 Å². The van der Waals surface area contributed by atoms with E-state index in [1.54, 1.807) is 0 Å². The van der Waals surface area contributed by atoms with Crippen LogP contribution in [0.3, 0.4) is 0 Å². The summed E-state index contributed by atoms with van der Waals surface area (Å²) in [7, 11) is 0. The van der Waals surface area contributed by atoms with Crippen molar-refractivity contribution in [1.29, 1.82) is 0 Å². The van der Waals surface area contributed by atoms with Crippen LogP contribution in [0.4, 0.5) is 0 Å². The fourth-order valence-electron chi connectivity index (χ4n) is 1.42. The number of hydrogen-bond donors (Lipinski definition) is 1. The van der Waals surface area contributed by atoms with Gasteiger partial charge in [0, 0.05) is 12.1 Å². The van der Waals surface area contributed by atoms with Gasteiger partial charge in [-0.1, -0.05) is 19.1 Å². The number of rotatable bonds is 6. The summed E-state index contributed by atoms with van der Waals surface area (Å²) >= 11 is 0. The highest BCUT2D eigenvalue weighted by molar-refractivity contribution is 5.27. The summed E-state index contributed by atoms with van der Waals surface area (Å²) in [5.74, 6) is 0.943. The van der Waals surface area contributed by atoms with Crippen molar-refractivity contribution in [2.75, 3.05) is 0 Å². The third-order valence-corrected chi connectivity index (χ3v) is 2.95. The summed E-state index contributed by atoms with van der Waals surface area (Å²) in [5.41, 5.74) is 1.50. The van der Waals surface area contributed by atoms with E-state index < -0.39 is 0 Å². The minimum Gasteiger partial charge on any atom is -0.491 e. The average molecular weight is 235 g/mol. The van der Waals surface area contributed by atoms with Gasteiger partial charge in [-0.15, -0.1) is 0 Å². The van der Waals surface area contributed by atoms with Crippen LogP contribution in [0.15, 0.2) is 24.3 Å². The van der Waals surface area contributed by atoms with Crippen molar-refractivity contribution in [2.45, 2.75) is 59.2 Å². The zero-order chi connectivity index (χ0) is 12.9. The fourth-order valence-corrected chi connectivity index (χ4v) is 1.42. The van der Waals surface area contributed by atoms with Gasteiger partial charge in [0.1, 0.15) is 5.75 Å². The molecule has 0 aliphatic rings. The van der Waals surface area contributed by atoms with Crippen molar-refractivity contribution in [3.8, 4) is 5.75 Å². The van der Waals surface area contributed by atoms with Crippen LogP contribution in [0, 0.1) is 0 Å². The molecule has 1 aromatic rings. The molecule has 0 bridgehead atoms. The topological polar surface area (TPSA) is 21.3 Å². The largest absolute Gasteiger partial charge is 0.491 e. The molecule has 0 aliphatic heterocycles. The minimum absolute atomic E-state index is 0.201. The van der Waals surface area contributed by atoms with Crippen molar-refractivity contribution in [1.82, 2.24) is 5.32 Å². The van der Waals surface area contributed by atoms with Gasteiger partial charge in [-0.3, -0.25) is 0 Å². The van der Waals surface area contributed by atoms with E-state index in [0.717, 1.165) is 18.7 Å². The Morgan fingerprint density at radius 3 is 2.24 bits per heavy atom. The van der Waals surface area contributed by atoms with Crippen LogP contribution in [0.25, 0.3) is 0 Å². The summed E-state index contributed by atoms with van der Waals surface area (Å²) < 4.78 is 5.62. The van der Waals surface area contributed by atoms with E-state index >= 15 is 0 Å². The first kappa shape index (κ1) is 14.0. The van der Waals surface area contributed by atoms with Gasteiger partial charge in [-0.25, -0.2) is 0 Å². The second-order valence-corrected chi connectivity index (χ2v) is 5.40. The van der Waals surface area contributed by atoms with Gasteiger partial charge in [0.15, 0.2) is 0 Å². The van der Waals surface area contributed by atoms with Crippen molar-refractivity contribution in [3.05, 3.63) is 29.8 Å². The molecule has 2 heteroatoms. The number of nitrogens with one attached hydrogen (secondary N) is 1. The highest BCUT2D eigenvalue weighted by Crippen LogP contribution is 2.15. The molecule has 2 nitrogen and oxygen atoms in total. The Kier molecular flexibility index (Phi) is 5.01. The highest BCUT2D eigenvalue weighted by atomic mass is 16.5. The van der Waals surface area contributed by atoms with E-state index in [-0.39, 0.29) is 11.6 Å². The van der Waals surface area contributed by atoms with Crippen LogP contribution >= 0.6 is 0 Å². The van der Waals surface area contributed by atoms with Crippen LogP contribution < -0.4 is 10.1 Å². The molecule has 1 aromatic carbocycles. The lowest BCUT2D eigenvalue weighted by Gasteiger charge is -2.24. The smallest absolute Gasteiger partial charge is 0.119 e. The summed E-state index contributed by atoms with van der Waals surface area (Å²) in [6.45, 7) is 11.6. The first-order valence-electron chi connectivity index (χ1n) is 6.43. The Morgan fingerprint density at radius 1 is 1.18 bits per heavy atom. The molecule has 96 valence electrons. The summed E-state index contributed by atoms with van der Waals surface area (Å²) in [6, 6.07) is 8.32. The van der Waals surface area contributed by atoms with Crippen LogP contribution in [-0.2, 0) is 6.54 Å². The standard InChI is InChI=1S/C15H25NO/c1-6-15(4,5)16-11-13-7-9-14(10-8-13)17-12(2)3/h7-10,12,16H,6,11H2,1-5H3. The molecule has 1 N–H and O–H groups in total. The Bertz CT molecular complexity index is 327. The SMILES string of the molecule is CCC(C)(C)NCc1ccc(OC(C)C)cc1. The second kappa shape index (κ2) is 6.06. The maximum atomic E-state index is 5.62. The van der Waals surface area contributed by atoms with Crippen molar-refractivity contribution < 1.29 is 4.74 Å². The molecule has 0 amide bonds. The van der Waals surface area contributed by atoms with Gasteiger partial charge < -0.3 is 10.1 Å². The Morgan fingerprint density at radius 2 is 1.76 bits per heavy atom. The van der Waals surface area contributed by atoms with E-state index in [2.05, 4.69) is 38.2 Å². The van der Waals surface area contributed by atoms with E-state index in [9.17, 15) is 0 Å². The third kappa shape index (κ3) is 5.22. The van der Waals surface area contributed by atoms with Gasteiger partial charge >= 0.3 is 0 Å². The predicted molar refractivity (Wildman–Crippen MR) is 73.4 cm³/mol. The molecule has 0 spiro atoms. The molecule has 1 rings (SSSR count). The first-order valence-corrected chi connectivity index (χ1v) is 6.43. The molecular formula is C15H25NO. The lowest BCUT2D eigenvalue weighted by molar-refractivity contribution is 0.242. The maximum Gasteiger partial charge on any atom is 0.119 e. The molecule has 0 saturated carbocycles. The summed E-state index contributed by atoms with van der Waals surface area (Å²) in [6.07, 6.45) is 1.36. The predicted octanol–water partition coefficient (Wildman–Crippen LogP) is 3.75. The first-order chi connectivity index (χ1) is 7.93. The van der Waals surface area contributed by atoms with E-state index in [1.807, 2.05) is 26.0 Å². The lowest BCUT2D eigenvalue weighted by Crippen LogP contribution is -2.37. The van der Waals surface area contributed by atoms with Crippen LogP contribution in [0.2, 0.25) is 0 Å². The van der Waals surface area contributed by atoms with E-state index in [1.165, 1.54) is 5.56 Å². The van der Waals surface area contributed by atoms with Gasteiger partial charge in [-0.2, -0.15) is 0 Å². The Hall–Kier alpha value is -1.02. The Labute approximate surface area is 105 Å². The zero-order valence-corrected chi connectivity index (χ0v) is 11.7. The zero-order valence-electron chi connectivity index (χ0n) is 11.7. The maximum absolute atomic E-state index is 5.62. The minimum atomic E-state index is 0.201. The monoisotopic (exact) mass is 235 g/mol. The molecular weight excluding hydrogens is 210 g/mol. The van der Waals surface area contributed by atoms with Crippen molar-refractivity contribution in [2.24, 2.45) is 0 Å². The van der Waals surface area contributed by atoms with E-state index in [0.29, 0.717) is 0 Å². The molecule has 0 fully saturated rings. The van der Waals surface area contributed by atoms with Crippen LogP contribution in [0.1, 0.15) is 46.6 Å². The summed E-state index contributed by atoms with van der Waals surface area (Å²) in [4.78, 5) is 0. The van der Waals surface area contributed by atoms with E-state index in [4.69, 9.17) is 4.74 Å². The molecule has 17 heavy (non-hydrogen) atoms. The fraction of sp³-hybridized carbons (Fsp3) is 0.600. The molecule has 0 saturated heterocycles. The normalized spacial score (nSPS) is 11.9. The molecule has 0 atom stereocenters. The highest BCUT2D eigenvalue weighted by Gasteiger charge is 2.13. The summed E-state index contributed by atoms with van der Waals surface area (Å²) in [5, 5.41) is 3.54. The Balaban J connectivity index is 2.51. The van der Waals surface area contributed by atoms with Crippen LogP contribution in [-0.4, -0.2) is 11.6 Å². The average Bonchev–Trinajstić information content (AvgIpc) is 2.28. The van der Waals surface area contributed by atoms with Gasteiger partial charge in [0.2, 0.25) is 0 Å². The number of hydrogen-bond acceptors (Lipinski definition) is 2. The second-order valence-electron chi connectivity index (χ2n) is 5.40. The molecule has 0 aliphatic carbocycles. The van der Waals surface area contributed by atoms with Crippen molar-refractivity contribution >= 4 is 0 Å². The van der Waals surface area contributed by atoms with Gasteiger partial charge in [0.25, 0.3) is 0 Å². The molecule has 0 unspecified atom stereocenters.